The largest absolute Gasteiger partial charge is 0.369 e. The van der Waals surface area contributed by atoms with Crippen molar-refractivity contribution < 1.29 is 4.79 Å². The first-order chi connectivity index (χ1) is 7.47. The summed E-state index contributed by atoms with van der Waals surface area (Å²) in [5.74, 6) is 0.00384. The van der Waals surface area contributed by atoms with Gasteiger partial charge in [0.15, 0.2) is 5.78 Å². The fourth-order valence-corrected chi connectivity index (χ4v) is 2.12. The Morgan fingerprint density at radius 1 is 1.44 bits per heavy atom. The summed E-state index contributed by atoms with van der Waals surface area (Å²) >= 11 is 6.08. The number of Topliss-reactive ketones (excluding diaryl/α,β-unsaturated/α-hetero) is 1. The molecule has 1 rings (SSSR count). The van der Waals surface area contributed by atoms with Crippen molar-refractivity contribution in [3.05, 3.63) is 28.8 Å². The second-order valence-corrected chi connectivity index (χ2v) is 4.51. The Kier molecular flexibility index (Phi) is 4.36. The van der Waals surface area contributed by atoms with E-state index in [9.17, 15) is 4.79 Å². The zero-order chi connectivity index (χ0) is 12.3. The lowest BCUT2D eigenvalue weighted by Gasteiger charge is -2.27. The normalized spacial score (nSPS) is 10.6. The molecule has 0 aliphatic rings. The minimum atomic E-state index is 0.00384. The summed E-state index contributed by atoms with van der Waals surface area (Å²) in [7, 11) is 0. The lowest BCUT2D eigenvalue weighted by molar-refractivity contribution is 0.101. The number of carbonyl (C=O) groups excluding carboxylic acids is 1. The Morgan fingerprint density at radius 2 is 2.06 bits per heavy atom. The second-order valence-electron chi connectivity index (χ2n) is 4.10. The van der Waals surface area contributed by atoms with Crippen molar-refractivity contribution >= 4 is 23.1 Å². The molecule has 0 radical (unpaired) electrons. The first-order valence-electron chi connectivity index (χ1n) is 5.54. The van der Waals surface area contributed by atoms with Crippen LogP contribution in [0.5, 0.6) is 0 Å². The van der Waals surface area contributed by atoms with Gasteiger partial charge in [-0.3, -0.25) is 4.79 Å². The maximum atomic E-state index is 11.3. The maximum Gasteiger partial charge on any atom is 0.161 e. The number of benzene rings is 1. The van der Waals surface area contributed by atoms with Crippen LogP contribution < -0.4 is 4.90 Å². The predicted octanol–water partition coefficient (Wildman–Crippen LogP) is 3.78. The molecule has 0 amide bonds. The molecule has 0 saturated carbocycles. The molecular formula is C13H18ClNO. The highest BCUT2D eigenvalue weighted by molar-refractivity contribution is 6.34. The average molecular weight is 240 g/mol. The van der Waals surface area contributed by atoms with Crippen LogP contribution in [0.15, 0.2) is 18.2 Å². The van der Waals surface area contributed by atoms with Crippen LogP contribution in [-0.2, 0) is 0 Å². The van der Waals surface area contributed by atoms with Gasteiger partial charge in [-0.25, -0.2) is 0 Å². The molecule has 16 heavy (non-hydrogen) atoms. The van der Waals surface area contributed by atoms with Crippen molar-refractivity contribution in [1.29, 1.82) is 0 Å². The fourth-order valence-electron chi connectivity index (χ4n) is 1.81. The predicted molar refractivity (Wildman–Crippen MR) is 69.6 cm³/mol. The van der Waals surface area contributed by atoms with Crippen LogP contribution in [0.1, 0.15) is 38.1 Å². The average Bonchev–Trinajstić information content (AvgIpc) is 2.17. The van der Waals surface area contributed by atoms with Crippen LogP contribution in [0.3, 0.4) is 0 Å². The maximum absolute atomic E-state index is 11.3. The summed E-state index contributed by atoms with van der Waals surface area (Å²) in [5, 5.41) is 0.532. The SMILES string of the molecule is CCN(c1ccc(C(C)=O)c(Cl)c1)C(C)C. The number of anilines is 1. The fraction of sp³-hybridized carbons (Fsp3) is 0.462. The summed E-state index contributed by atoms with van der Waals surface area (Å²) in [5.41, 5.74) is 1.65. The summed E-state index contributed by atoms with van der Waals surface area (Å²) in [6.07, 6.45) is 0. The van der Waals surface area contributed by atoms with E-state index >= 15 is 0 Å². The van der Waals surface area contributed by atoms with Gasteiger partial charge in [-0.1, -0.05) is 11.6 Å². The lowest BCUT2D eigenvalue weighted by Crippen LogP contribution is -2.30. The number of ketones is 1. The molecule has 0 saturated heterocycles. The second kappa shape index (κ2) is 5.35. The molecule has 0 fully saturated rings. The molecule has 1 aromatic carbocycles. The molecule has 88 valence electrons. The Morgan fingerprint density at radius 3 is 2.44 bits per heavy atom. The molecule has 1 aromatic rings. The first-order valence-corrected chi connectivity index (χ1v) is 5.92. The molecule has 0 N–H and O–H groups in total. The number of nitrogens with zero attached hydrogens (tertiary/aromatic N) is 1. The molecule has 0 heterocycles. The molecule has 0 aliphatic carbocycles. The van der Waals surface area contributed by atoms with E-state index in [-0.39, 0.29) is 5.78 Å². The van der Waals surface area contributed by atoms with E-state index in [0.717, 1.165) is 12.2 Å². The first kappa shape index (κ1) is 13.0. The molecule has 0 unspecified atom stereocenters. The van der Waals surface area contributed by atoms with E-state index in [1.807, 2.05) is 12.1 Å². The van der Waals surface area contributed by atoms with Gasteiger partial charge in [0, 0.05) is 23.8 Å². The Bertz CT molecular complexity index is 388. The highest BCUT2D eigenvalue weighted by Gasteiger charge is 2.11. The highest BCUT2D eigenvalue weighted by Crippen LogP contribution is 2.25. The van der Waals surface area contributed by atoms with Crippen molar-refractivity contribution in [2.24, 2.45) is 0 Å². The van der Waals surface area contributed by atoms with E-state index in [1.165, 1.54) is 6.92 Å². The monoisotopic (exact) mass is 239 g/mol. The van der Waals surface area contributed by atoms with Gasteiger partial charge in [0.1, 0.15) is 0 Å². The van der Waals surface area contributed by atoms with Crippen molar-refractivity contribution in [1.82, 2.24) is 0 Å². The van der Waals surface area contributed by atoms with Crippen LogP contribution in [-0.4, -0.2) is 18.4 Å². The van der Waals surface area contributed by atoms with Gasteiger partial charge in [-0.05, 0) is 45.9 Å². The third kappa shape index (κ3) is 2.76. The van der Waals surface area contributed by atoms with Gasteiger partial charge in [-0.15, -0.1) is 0 Å². The number of hydrogen-bond donors (Lipinski definition) is 0. The summed E-state index contributed by atoms with van der Waals surface area (Å²) in [6, 6.07) is 6.03. The topological polar surface area (TPSA) is 20.3 Å². The van der Waals surface area contributed by atoms with Crippen LogP contribution in [0.25, 0.3) is 0 Å². The number of carbonyl (C=O) groups is 1. The van der Waals surface area contributed by atoms with Crippen molar-refractivity contribution in [3.63, 3.8) is 0 Å². The van der Waals surface area contributed by atoms with Crippen LogP contribution in [0, 0.1) is 0 Å². The molecule has 0 bridgehead atoms. The van der Waals surface area contributed by atoms with Crippen LogP contribution in [0.4, 0.5) is 5.69 Å². The van der Waals surface area contributed by atoms with Gasteiger partial charge >= 0.3 is 0 Å². The van der Waals surface area contributed by atoms with Gasteiger partial charge in [0.05, 0.1) is 5.02 Å². The minimum absolute atomic E-state index is 0.00384. The number of halogens is 1. The van der Waals surface area contributed by atoms with E-state index in [4.69, 9.17) is 11.6 Å². The molecule has 0 aliphatic heterocycles. The summed E-state index contributed by atoms with van der Waals surface area (Å²) in [6.45, 7) is 8.83. The van der Waals surface area contributed by atoms with Gasteiger partial charge in [0.25, 0.3) is 0 Å². The molecule has 2 nitrogen and oxygen atoms in total. The zero-order valence-corrected chi connectivity index (χ0v) is 11.0. The van der Waals surface area contributed by atoms with E-state index < -0.39 is 0 Å². The van der Waals surface area contributed by atoms with Gasteiger partial charge in [-0.2, -0.15) is 0 Å². The van der Waals surface area contributed by atoms with Gasteiger partial charge in [0.2, 0.25) is 0 Å². The van der Waals surface area contributed by atoms with Crippen molar-refractivity contribution in [2.75, 3.05) is 11.4 Å². The van der Waals surface area contributed by atoms with Crippen LogP contribution >= 0.6 is 11.6 Å². The molecule has 0 aromatic heterocycles. The zero-order valence-electron chi connectivity index (χ0n) is 10.2. The lowest BCUT2D eigenvalue weighted by atomic mass is 10.1. The standard InChI is InChI=1S/C13H18ClNO/c1-5-15(9(2)3)11-6-7-12(10(4)16)13(14)8-11/h6-9H,5H2,1-4H3. The van der Waals surface area contributed by atoms with E-state index in [0.29, 0.717) is 16.6 Å². The number of hydrogen-bond acceptors (Lipinski definition) is 2. The molecule has 0 atom stereocenters. The van der Waals surface area contributed by atoms with Crippen LogP contribution in [0.2, 0.25) is 5.02 Å². The van der Waals surface area contributed by atoms with E-state index in [1.54, 1.807) is 6.07 Å². The smallest absolute Gasteiger partial charge is 0.161 e. The third-order valence-corrected chi connectivity index (χ3v) is 2.94. The van der Waals surface area contributed by atoms with Crippen molar-refractivity contribution in [3.8, 4) is 0 Å². The highest BCUT2D eigenvalue weighted by atomic mass is 35.5. The molecule has 0 spiro atoms. The number of rotatable bonds is 4. The quantitative estimate of drug-likeness (QED) is 0.746. The van der Waals surface area contributed by atoms with E-state index in [2.05, 4.69) is 25.7 Å². The summed E-state index contributed by atoms with van der Waals surface area (Å²) in [4.78, 5) is 13.5. The Labute approximate surface area is 102 Å². The third-order valence-electron chi connectivity index (χ3n) is 2.63. The Hall–Kier alpha value is -1.02. The molecular weight excluding hydrogens is 222 g/mol. The summed E-state index contributed by atoms with van der Waals surface area (Å²) < 4.78 is 0. The molecule has 3 heteroatoms. The minimum Gasteiger partial charge on any atom is -0.369 e. The Balaban J connectivity index is 3.09. The van der Waals surface area contributed by atoms with Gasteiger partial charge < -0.3 is 4.90 Å². The van der Waals surface area contributed by atoms with Crippen molar-refractivity contribution in [2.45, 2.75) is 33.7 Å².